The Labute approximate surface area is 540 Å². The standard InChI is InChI=1S/4C17H15NO4.2Rh/c4*1-9(2)14(17(21)22)18-15(19)11-7-3-5-10-6-4-8-12(13(10)11)16(18)20;;/h4*3-9,14H,1-2H3,(H,21,22);;/q;;;;2*+2/p-4. The summed E-state index contributed by atoms with van der Waals surface area (Å²) in [6.07, 6.45) is 0. The van der Waals surface area contributed by atoms with E-state index in [1.807, 2.05) is 48.5 Å². The summed E-state index contributed by atoms with van der Waals surface area (Å²) >= 11 is 0. The van der Waals surface area contributed by atoms with Crippen LogP contribution < -0.4 is 20.4 Å². The zero-order chi connectivity index (χ0) is 64.1. The summed E-state index contributed by atoms with van der Waals surface area (Å²) in [6, 6.07) is 36.0. The summed E-state index contributed by atoms with van der Waals surface area (Å²) in [7, 11) is 0. The van der Waals surface area contributed by atoms with Gasteiger partial charge in [-0.3, -0.25) is 58.0 Å². The number of rotatable bonds is 12. The molecule has 4 aliphatic rings. The van der Waals surface area contributed by atoms with Crippen molar-refractivity contribution < 1.29 is 117 Å². The van der Waals surface area contributed by atoms with Gasteiger partial charge in [-0.05, 0) is 93.7 Å². The predicted molar refractivity (Wildman–Crippen MR) is 312 cm³/mol. The second-order valence-electron chi connectivity index (χ2n) is 22.8. The number of hydrogen-bond acceptors (Lipinski definition) is 16. The Balaban J connectivity index is 0.000000169. The van der Waals surface area contributed by atoms with Gasteiger partial charge in [0.25, 0.3) is 47.3 Å². The van der Waals surface area contributed by atoms with Gasteiger partial charge in [0.05, 0.1) is 48.0 Å². The molecule has 12 rings (SSSR count). The number of aliphatic carboxylic acids is 4. The molecule has 0 fully saturated rings. The monoisotopic (exact) mass is 1390 g/mol. The SMILES string of the molecule is CC(C)C(C(=O)[O-])N1C(=O)c2cccc3cccc(c23)C1=O.CC(C)C(C(=O)[O-])N1C(=O)c2cccc3cccc(c23)C1=O.CC(C)C(C(=O)[O-])N1C(=O)c2cccc3cccc(c23)C1=O.CC(C)C(C(=O)[O-])N1C(=O)c2cccc3cccc(c23)C1=O.[Rh+2].[Rh+2]. The van der Waals surface area contributed by atoms with Gasteiger partial charge in [0.1, 0.15) is 0 Å². The Morgan fingerprint density at radius 1 is 0.256 bits per heavy atom. The van der Waals surface area contributed by atoms with Gasteiger partial charge >= 0.3 is 39.0 Å². The Morgan fingerprint density at radius 3 is 0.478 bits per heavy atom. The number of amides is 8. The number of carboxylic acid groups (broad SMARTS) is 4. The summed E-state index contributed by atoms with van der Waals surface area (Å²) in [5.74, 6) is -12.2. The molecule has 8 aromatic carbocycles. The second kappa shape index (κ2) is 27.1. The molecule has 20 nitrogen and oxygen atoms in total. The topological polar surface area (TPSA) is 310 Å². The molecule has 4 heterocycles. The largest absolute Gasteiger partial charge is 2.00 e. The summed E-state index contributed by atoms with van der Waals surface area (Å²) in [5, 5.41) is 51.2. The van der Waals surface area contributed by atoms with Crippen LogP contribution in [0, 0.1) is 23.7 Å². The van der Waals surface area contributed by atoms with Crippen molar-refractivity contribution in [3.8, 4) is 0 Å². The van der Waals surface area contributed by atoms with Gasteiger partial charge in [0.2, 0.25) is 0 Å². The van der Waals surface area contributed by atoms with Gasteiger partial charge < -0.3 is 39.6 Å². The molecule has 0 N–H and O–H groups in total. The maximum absolute atomic E-state index is 12.7. The number of carboxylic acids is 4. The average Bonchev–Trinajstić information content (AvgIpc) is 0.793. The number of carbonyl (C=O) groups excluding carboxylic acids is 12. The van der Waals surface area contributed by atoms with E-state index < -0.39 is 119 Å². The molecule has 8 aromatic rings. The molecule has 0 spiro atoms. The van der Waals surface area contributed by atoms with Crippen molar-refractivity contribution in [1.29, 1.82) is 0 Å². The van der Waals surface area contributed by atoms with Crippen LogP contribution in [0.15, 0.2) is 146 Å². The third-order valence-corrected chi connectivity index (χ3v) is 15.8. The van der Waals surface area contributed by atoms with Crippen molar-refractivity contribution in [3.05, 3.63) is 190 Å². The van der Waals surface area contributed by atoms with Crippen molar-refractivity contribution in [2.75, 3.05) is 0 Å². The minimum atomic E-state index is -1.43. The first-order valence-corrected chi connectivity index (χ1v) is 28.1. The fourth-order valence-electron chi connectivity index (χ4n) is 11.9. The van der Waals surface area contributed by atoms with E-state index in [-0.39, 0.29) is 39.0 Å². The minimum Gasteiger partial charge on any atom is -0.548 e. The van der Waals surface area contributed by atoms with E-state index in [9.17, 15) is 78.0 Å². The van der Waals surface area contributed by atoms with Gasteiger partial charge in [-0.1, -0.05) is 152 Å². The Kier molecular flexibility index (Phi) is 20.5. The Morgan fingerprint density at radius 2 is 0.378 bits per heavy atom. The molecular weight excluding hydrogens is 1330 g/mol. The van der Waals surface area contributed by atoms with Gasteiger partial charge in [-0.25, -0.2) is 0 Å². The van der Waals surface area contributed by atoms with Gasteiger partial charge in [-0.2, -0.15) is 0 Å². The molecule has 0 bridgehead atoms. The van der Waals surface area contributed by atoms with Crippen LogP contribution in [0.25, 0.3) is 43.1 Å². The number of carbonyl (C=O) groups is 12. The first kappa shape index (κ1) is 68.0. The fraction of sp³-hybridized carbons (Fsp3) is 0.235. The molecule has 0 saturated carbocycles. The molecule has 0 saturated heterocycles. The zero-order valence-corrected chi connectivity index (χ0v) is 52.7. The van der Waals surface area contributed by atoms with Crippen molar-refractivity contribution in [1.82, 2.24) is 19.6 Å². The van der Waals surface area contributed by atoms with Crippen LogP contribution in [0.3, 0.4) is 0 Å². The van der Waals surface area contributed by atoms with E-state index in [0.29, 0.717) is 66.1 Å². The molecule has 4 aliphatic heterocycles. The third-order valence-electron chi connectivity index (χ3n) is 15.8. The zero-order valence-electron chi connectivity index (χ0n) is 49.5. The van der Waals surface area contributed by atoms with Gasteiger partial charge in [0, 0.05) is 66.1 Å². The van der Waals surface area contributed by atoms with Crippen molar-refractivity contribution in [2.24, 2.45) is 23.7 Å². The van der Waals surface area contributed by atoms with E-state index in [4.69, 9.17) is 0 Å². The first-order chi connectivity index (χ1) is 41.7. The van der Waals surface area contributed by atoms with E-state index in [1.54, 1.807) is 152 Å². The summed E-state index contributed by atoms with van der Waals surface area (Å²) in [4.78, 5) is 150. The molecular formula is C68H56N4O16Rh2. The number of imide groups is 4. The van der Waals surface area contributed by atoms with Crippen molar-refractivity contribution >= 4 is 114 Å². The van der Waals surface area contributed by atoms with Gasteiger partial charge in [-0.15, -0.1) is 0 Å². The molecule has 8 amide bonds. The number of hydrogen-bond donors (Lipinski definition) is 0. The van der Waals surface area contributed by atoms with E-state index in [2.05, 4.69) is 0 Å². The average molecular weight is 1390 g/mol. The molecule has 4 unspecified atom stereocenters. The van der Waals surface area contributed by atoms with Crippen LogP contribution in [-0.4, -0.2) is 115 Å². The number of benzene rings is 8. The minimum absolute atomic E-state index is 0. The Hall–Kier alpha value is -9.51. The molecule has 0 aromatic heterocycles. The molecule has 462 valence electrons. The molecule has 0 aliphatic carbocycles. The van der Waals surface area contributed by atoms with E-state index in [1.165, 1.54) is 0 Å². The van der Waals surface area contributed by atoms with Crippen LogP contribution in [0.5, 0.6) is 0 Å². The first-order valence-electron chi connectivity index (χ1n) is 28.1. The molecule has 4 atom stereocenters. The summed E-state index contributed by atoms with van der Waals surface area (Å²) in [5.41, 5.74) is 2.77. The summed E-state index contributed by atoms with van der Waals surface area (Å²) < 4.78 is 0. The molecule has 22 heteroatoms. The van der Waals surface area contributed by atoms with Crippen LogP contribution >= 0.6 is 0 Å². The van der Waals surface area contributed by atoms with Crippen LogP contribution in [0.2, 0.25) is 0 Å². The molecule has 2 radical (unpaired) electrons. The smallest absolute Gasteiger partial charge is 0.548 e. The van der Waals surface area contributed by atoms with E-state index in [0.717, 1.165) is 41.1 Å². The normalized spacial score (nSPS) is 15.2. The van der Waals surface area contributed by atoms with Crippen molar-refractivity contribution in [3.63, 3.8) is 0 Å². The Bertz CT molecular complexity index is 3600. The third kappa shape index (κ3) is 12.0. The maximum atomic E-state index is 12.7. The fourth-order valence-corrected chi connectivity index (χ4v) is 11.9. The van der Waals surface area contributed by atoms with Crippen LogP contribution in [0.4, 0.5) is 0 Å². The number of nitrogens with zero attached hydrogens (tertiary/aromatic N) is 4. The predicted octanol–water partition coefficient (Wildman–Crippen LogP) is 4.84. The van der Waals surface area contributed by atoms with Gasteiger partial charge in [0.15, 0.2) is 0 Å². The second-order valence-corrected chi connectivity index (χ2v) is 22.8. The van der Waals surface area contributed by atoms with Crippen LogP contribution in [-0.2, 0) is 58.1 Å². The molecule has 90 heavy (non-hydrogen) atoms. The van der Waals surface area contributed by atoms with Crippen LogP contribution in [0.1, 0.15) is 138 Å². The van der Waals surface area contributed by atoms with Crippen molar-refractivity contribution in [2.45, 2.75) is 79.6 Å². The summed E-state index contributed by atoms with van der Waals surface area (Å²) in [6.45, 7) is 13.1. The maximum Gasteiger partial charge on any atom is 2.00 e. The quantitative estimate of drug-likeness (QED) is 0.117. The van der Waals surface area contributed by atoms with E-state index >= 15 is 0 Å².